The quantitative estimate of drug-likeness (QED) is 0.189. The van der Waals surface area contributed by atoms with Gasteiger partial charge < -0.3 is 4.74 Å². The van der Waals surface area contributed by atoms with E-state index in [9.17, 15) is 4.79 Å². The van der Waals surface area contributed by atoms with E-state index in [0.717, 1.165) is 34.5 Å². The number of thiocarbonyl (C=S) groups is 1. The molecule has 2 aromatic carbocycles. The number of hydrogen-bond donors (Lipinski definition) is 0. The first-order chi connectivity index (χ1) is 14.6. The Balaban J connectivity index is 1.54. The maximum atomic E-state index is 12.9. The Morgan fingerprint density at radius 1 is 1.00 bits per heavy atom. The van der Waals surface area contributed by atoms with Gasteiger partial charge in [0.25, 0.3) is 5.91 Å². The summed E-state index contributed by atoms with van der Waals surface area (Å²) in [4.78, 5) is 15.1. The molecule has 0 spiro atoms. The summed E-state index contributed by atoms with van der Waals surface area (Å²) in [5.74, 6) is 0.777. The van der Waals surface area contributed by atoms with E-state index in [2.05, 4.69) is 22.9 Å². The number of amides is 1. The molecule has 3 nitrogen and oxygen atoms in total. The molecule has 0 aliphatic carbocycles. The monoisotopic (exact) mass is 503 g/mol. The van der Waals surface area contributed by atoms with E-state index in [0.29, 0.717) is 9.23 Å². The third-order valence-electron chi connectivity index (χ3n) is 4.82. The van der Waals surface area contributed by atoms with Gasteiger partial charge in [0.1, 0.15) is 5.75 Å². The first-order valence-electron chi connectivity index (χ1n) is 10.3. The van der Waals surface area contributed by atoms with Gasteiger partial charge in [0.05, 0.1) is 17.2 Å². The van der Waals surface area contributed by atoms with Gasteiger partial charge in [-0.05, 0) is 54.5 Å². The molecule has 0 bridgehead atoms. The van der Waals surface area contributed by atoms with Crippen molar-refractivity contribution in [1.29, 1.82) is 0 Å². The zero-order chi connectivity index (χ0) is 21.3. The van der Waals surface area contributed by atoms with Crippen LogP contribution in [0.25, 0.3) is 6.08 Å². The van der Waals surface area contributed by atoms with Crippen LogP contribution in [0.5, 0.6) is 5.75 Å². The van der Waals surface area contributed by atoms with Crippen molar-refractivity contribution in [3.8, 4) is 5.75 Å². The molecule has 0 radical (unpaired) electrons. The molecule has 0 saturated carbocycles. The smallest absolute Gasteiger partial charge is 0.270 e. The summed E-state index contributed by atoms with van der Waals surface area (Å²) in [6, 6.07) is 15.4. The molecular weight excluding hydrogens is 478 g/mol. The summed E-state index contributed by atoms with van der Waals surface area (Å²) in [6.07, 6.45) is 9.40. The van der Waals surface area contributed by atoms with Crippen LogP contribution < -0.4 is 9.64 Å². The second-order valence-corrected chi connectivity index (χ2v) is 9.77. The van der Waals surface area contributed by atoms with Gasteiger partial charge in [0.15, 0.2) is 4.32 Å². The molecule has 3 rings (SSSR count). The van der Waals surface area contributed by atoms with Crippen molar-refractivity contribution in [3.05, 3.63) is 63.5 Å². The number of anilines is 1. The van der Waals surface area contributed by atoms with Crippen molar-refractivity contribution in [3.63, 3.8) is 0 Å². The van der Waals surface area contributed by atoms with Gasteiger partial charge in [-0.3, -0.25) is 9.69 Å². The SMILES string of the molecule is CCCCCCCCOc1ccc(C=C2SC(=S)N(c3ccc(Br)cc3)C2=O)cc1. The number of carbonyl (C=O) groups is 1. The van der Waals surface area contributed by atoms with E-state index in [1.54, 1.807) is 4.90 Å². The topological polar surface area (TPSA) is 29.5 Å². The van der Waals surface area contributed by atoms with E-state index in [1.165, 1.54) is 43.9 Å². The number of benzene rings is 2. The summed E-state index contributed by atoms with van der Waals surface area (Å²) in [6.45, 7) is 2.98. The number of hydrogen-bond acceptors (Lipinski definition) is 4. The maximum Gasteiger partial charge on any atom is 0.270 e. The predicted molar refractivity (Wildman–Crippen MR) is 135 cm³/mol. The number of rotatable bonds is 10. The zero-order valence-corrected chi connectivity index (χ0v) is 20.3. The molecular formula is C24H26BrNO2S2. The summed E-state index contributed by atoms with van der Waals surface area (Å²) in [5.41, 5.74) is 1.74. The molecule has 1 aliphatic heterocycles. The van der Waals surface area contributed by atoms with Crippen molar-refractivity contribution in [1.82, 2.24) is 0 Å². The van der Waals surface area contributed by atoms with Crippen LogP contribution >= 0.6 is 39.9 Å². The summed E-state index contributed by atoms with van der Waals surface area (Å²) in [5, 5.41) is 0. The van der Waals surface area contributed by atoms with E-state index in [1.807, 2.05) is 54.6 Å². The van der Waals surface area contributed by atoms with E-state index in [-0.39, 0.29) is 5.91 Å². The second kappa shape index (κ2) is 11.7. The van der Waals surface area contributed by atoms with Crippen molar-refractivity contribution in [2.24, 2.45) is 0 Å². The molecule has 6 heteroatoms. The van der Waals surface area contributed by atoms with Gasteiger partial charge in [-0.2, -0.15) is 0 Å². The number of halogens is 1. The van der Waals surface area contributed by atoms with Crippen LogP contribution in [0.4, 0.5) is 5.69 Å². The molecule has 0 N–H and O–H groups in total. The minimum absolute atomic E-state index is 0.0873. The lowest BCUT2D eigenvalue weighted by atomic mass is 10.1. The first-order valence-corrected chi connectivity index (χ1v) is 12.4. The molecule has 1 saturated heterocycles. The van der Waals surface area contributed by atoms with Crippen LogP contribution in [0.15, 0.2) is 57.9 Å². The van der Waals surface area contributed by atoms with Gasteiger partial charge in [-0.25, -0.2) is 0 Å². The van der Waals surface area contributed by atoms with Crippen LogP contribution in [-0.4, -0.2) is 16.8 Å². The molecule has 0 unspecified atom stereocenters. The molecule has 0 atom stereocenters. The highest BCUT2D eigenvalue weighted by Crippen LogP contribution is 2.36. The second-order valence-electron chi connectivity index (χ2n) is 7.18. The Bertz CT molecular complexity index is 894. The Morgan fingerprint density at radius 3 is 2.37 bits per heavy atom. The Hall–Kier alpha value is -1.63. The zero-order valence-electron chi connectivity index (χ0n) is 17.1. The lowest BCUT2D eigenvalue weighted by Crippen LogP contribution is -2.27. The minimum Gasteiger partial charge on any atom is -0.494 e. The molecule has 2 aromatic rings. The first kappa shape index (κ1) is 23.0. The highest BCUT2D eigenvalue weighted by Gasteiger charge is 2.33. The molecule has 1 heterocycles. The van der Waals surface area contributed by atoms with E-state index in [4.69, 9.17) is 17.0 Å². The van der Waals surface area contributed by atoms with Crippen LogP contribution in [0.1, 0.15) is 51.0 Å². The van der Waals surface area contributed by atoms with Crippen molar-refractivity contribution >= 4 is 61.9 Å². The average molecular weight is 505 g/mol. The Kier molecular flexibility index (Phi) is 8.97. The van der Waals surface area contributed by atoms with Crippen molar-refractivity contribution in [2.45, 2.75) is 45.4 Å². The molecule has 158 valence electrons. The lowest BCUT2D eigenvalue weighted by Gasteiger charge is -2.14. The van der Waals surface area contributed by atoms with E-state index >= 15 is 0 Å². The molecule has 1 fully saturated rings. The van der Waals surface area contributed by atoms with Crippen LogP contribution in [0.3, 0.4) is 0 Å². The fourth-order valence-electron chi connectivity index (χ4n) is 3.16. The fourth-order valence-corrected chi connectivity index (χ4v) is 4.73. The number of carbonyl (C=O) groups excluding carboxylic acids is 1. The van der Waals surface area contributed by atoms with Crippen LogP contribution in [-0.2, 0) is 4.79 Å². The van der Waals surface area contributed by atoms with Gasteiger partial charge in [-0.15, -0.1) is 0 Å². The third-order valence-corrected chi connectivity index (χ3v) is 6.65. The summed E-state index contributed by atoms with van der Waals surface area (Å²) < 4.78 is 7.35. The highest BCUT2D eigenvalue weighted by molar-refractivity contribution is 9.10. The van der Waals surface area contributed by atoms with Gasteiger partial charge in [0.2, 0.25) is 0 Å². The highest BCUT2D eigenvalue weighted by atomic mass is 79.9. The molecule has 1 aliphatic rings. The fraction of sp³-hybridized carbons (Fsp3) is 0.333. The average Bonchev–Trinajstić information content (AvgIpc) is 3.02. The number of nitrogens with zero attached hydrogens (tertiary/aromatic N) is 1. The maximum absolute atomic E-state index is 12.9. The predicted octanol–water partition coefficient (Wildman–Crippen LogP) is 7.59. The summed E-state index contributed by atoms with van der Waals surface area (Å²) in [7, 11) is 0. The third kappa shape index (κ3) is 6.43. The number of thioether (sulfide) groups is 1. The van der Waals surface area contributed by atoms with Crippen molar-refractivity contribution < 1.29 is 9.53 Å². The number of unbranched alkanes of at least 4 members (excludes halogenated alkanes) is 5. The Labute approximate surface area is 197 Å². The number of ether oxygens (including phenoxy) is 1. The van der Waals surface area contributed by atoms with Crippen molar-refractivity contribution in [2.75, 3.05) is 11.5 Å². The van der Waals surface area contributed by atoms with Gasteiger partial charge in [0, 0.05) is 4.47 Å². The normalized spacial score (nSPS) is 15.3. The van der Waals surface area contributed by atoms with Crippen LogP contribution in [0.2, 0.25) is 0 Å². The van der Waals surface area contributed by atoms with Gasteiger partial charge >= 0.3 is 0 Å². The van der Waals surface area contributed by atoms with Crippen LogP contribution in [0, 0.1) is 0 Å². The lowest BCUT2D eigenvalue weighted by molar-refractivity contribution is -0.113. The largest absolute Gasteiger partial charge is 0.494 e. The van der Waals surface area contributed by atoms with E-state index < -0.39 is 0 Å². The molecule has 0 aromatic heterocycles. The summed E-state index contributed by atoms with van der Waals surface area (Å²) >= 11 is 10.2. The standard InChI is InChI=1S/C24H26BrNO2S2/c1-2-3-4-5-6-7-16-28-21-14-8-18(9-15-21)17-22-23(27)26(24(29)30-22)20-12-10-19(25)11-13-20/h8-15,17H,2-7,16H2,1H3. The van der Waals surface area contributed by atoms with Gasteiger partial charge in [-0.1, -0.05) is 91.1 Å². The Morgan fingerprint density at radius 2 is 1.67 bits per heavy atom. The molecule has 1 amide bonds. The molecule has 30 heavy (non-hydrogen) atoms. The minimum atomic E-state index is -0.0873.